The first kappa shape index (κ1) is 67.6. The van der Waals surface area contributed by atoms with Gasteiger partial charge in [0.25, 0.3) is 0 Å². The monoisotopic (exact) mass is 933 g/mol. The fourth-order valence-electron chi connectivity index (χ4n) is 6.13. The molecule has 0 rings (SSSR count). The molecule has 7 nitrogen and oxygen atoms in total. The van der Waals surface area contributed by atoms with Gasteiger partial charge in [-0.1, -0.05) is 200 Å². The number of carbonyl (C=O) groups excluding carboxylic acids is 2. The molecule has 0 saturated carbocycles. The Morgan fingerprint density at radius 1 is 0.509 bits per heavy atom. The summed E-state index contributed by atoms with van der Waals surface area (Å²) in [5.41, 5.74) is 0. The van der Waals surface area contributed by atoms with Crippen LogP contribution in [0.15, 0.2) is 12.2 Å². The van der Waals surface area contributed by atoms with Crippen molar-refractivity contribution in [1.29, 1.82) is 0 Å². The van der Waals surface area contributed by atoms with Crippen LogP contribution >= 0.6 is 0 Å². The molecule has 7 N–H and O–H groups in total. The van der Waals surface area contributed by atoms with Crippen molar-refractivity contribution in [3.05, 3.63) is 12.2 Å². The minimum Gasteiger partial charge on any atom is -0.412 e. The number of carbonyl (C=O) groups is 2. The molecule has 0 aliphatic carbocycles. The third-order valence-corrected chi connectivity index (χ3v) is 9.60. The van der Waals surface area contributed by atoms with Crippen LogP contribution in [0.4, 0.5) is 26.3 Å². The van der Waals surface area contributed by atoms with Crippen molar-refractivity contribution < 1.29 is 73.8 Å². The van der Waals surface area contributed by atoms with Crippen LogP contribution in [0.2, 0.25) is 0 Å². The molecule has 0 spiro atoms. The van der Waals surface area contributed by atoms with E-state index in [1.54, 1.807) is 13.0 Å². The van der Waals surface area contributed by atoms with Gasteiger partial charge in [-0.25, -0.2) is 0 Å². The van der Waals surface area contributed by atoms with Gasteiger partial charge in [-0.2, -0.15) is 26.3 Å². The first-order valence-corrected chi connectivity index (χ1v) is 21.7. The molecule has 0 bridgehead atoms. The number of aliphatic hydroxyl groups excluding tert-OH is 1. The van der Waals surface area contributed by atoms with Gasteiger partial charge in [-0.15, -0.1) is 0 Å². The normalized spacial score (nSPS) is 12.1. The standard InChI is InChI=1S/C21H40F3NO.C21H38F3NO.CH4O.2H2O.Pd.H2/c2*1-3-5-6-7-8-9-10-11-12-13-14-15-16-17-18-19(4-2)25-20(26)21(22,23)24;1-2;;;;/h19H,3-18H2,1-2H3,(H,25,26);17-19H,3-16H2,1-2H3,(H,25,26);2H,1H3;2*1H2;;1H/b;18-17+;;;;;/t2*19-;;;;;/m00...../s1. The number of halogens is 6. The van der Waals surface area contributed by atoms with Crippen molar-refractivity contribution in [3.8, 4) is 0 Å². The number of aliphatic hydroxyl groups is 1. The predicted octanol–water partition coefficient (Wildman–Crippen LogP) is 12.6. The maximum atomic E-state index is 12.2. The number of rotatable bonds is 33. The van der Waals surface area contributed by atoms with Crippen LogP contribution < -0.4 is 10.6 Å². The summed E-state index contributed by atoms with van der Waals surface area (Å²) in [4.78, 5) is 21.9. The van der Waals surface area contributed by atoms with E-state index in [0.717, 1.165) is 45.6 Å². The summed E-state index contributed by atoms with van der Waals surface area (Å²) in [6.45, 7) is 8.05. The van der Waals surface area contributed by atoms with Gasteiger partial charge in [-0.05, 0) is 32.1 Å². The number of nitrogens with one attached hydrogen (secondary N) is 2. The Kier molecular flexibility index (Phi) is 58.3. The van der Waals surface area contributed by atoms with Crippen LogP contribution in [-0.4, -0.2) is 59.4 Å². The molecule has 2 atom stereocenters. The fourth-order valence-corrected chi connectivity index (χ4v) is 6.13. The Balaban J connectivity index is -0.000000161. The molecule has 2 amide bonds. The van der Waals surface area contributed by atoms with Gasteiger partial charge in [0.2, 0.25) is 0 Å². The van der Waals surface area contributed by atoms with Gasteiger partial charge >= 0.3 is 24.2 Å². The molecule has 0 unspecified atom stereocenters. The summed E-state index contributed by atoms with van der Waals surface area (Å²) in [7, 11) is 1.00. The zero-order chi connectivity index (χ0) is 41.4. The van der Waals surface area contributed by atoms with E-state index >= 15 is 0 Å². The van der Waals surface area contributed by atoms with E-state index in [0.29, 0.717) is 19.3 Å². The smallest absolute Gasteiger partial charge is 0.412 e. The summed E-state index contributed by atoms with van der Waals surface area (Å²) in [5.74, 6) is -3.67. The Hall–Kier alpha value is -1.20. The van der Waals surface area contributed by atoms with Crippen LogP contribution in [0.1, 0.15) is 222 Å². The predicted molar refractivity (Wildman–Crippen MR) is 224 cm³/mol. The van der Waals surface area contributed by atoms with Crippen molar-refractivity contribution in [1.82, 2.24) is 10.6 Å². The summed E-state index contributed by atoms with van der Waals surface area (Å²) in [6, 6.07) is -0.900. The van der Waals surface area contributed by atoms with E-state index in [4.69, 9.17) is 5.11 Å². The number of hydrogen-bond donors (Lipinski definition) is 3. The molecular weight excluding hydrogens is 845 g/mol. The number of alkyl halides is 6. The van der Waals surface area contributed by atoms with E-state index in [1.807, 2.05) is 18.3 Å². The SMILES string of the molecule is CCCCCCCCCCCCCC/C=C/[C@H](CC)NC(=O)C(F)(F)F.CCCCCCCCCCCCCCCC[C@H](CC)NC(=O)C(F)(F)F.CO.O.O.[HH].[Pd]. The Bertz CT molecular complexity index is 859. The van der Waals surface area contributed by atoms with E-state index in [9.17, 15) is 35.9 Å². The van der Waals surface area contributed by atoms with Gasteiger partial charge in [0.05, 0.1) is 0 Å². The molecule has 0 heterocycles. The van der Waals surface area contributed by atoms with Crippen molar-refractivity contribution in [2.45, 2.75) is 245 Å². The van der Waals surface area contributed by atoms with Crippen LogP contribution in [0.5, 0.6) is 0 Å². The van der Waals surface area contributed by atoms with Crippen LogP contribution in [0, 0.1) is 0 Å². The Labute approximate surface area is 359 Å². The van der Waals surface area contributed by atoms with Gasteiger partial charge in [-0.3, -0.25) is 9.59 Å². The second kappa shape index (κ2) is 49.2. The number of unbranched alkanes of at least 4 members (excludes halogenated alkanes) is 25. The number of amides is 2. The maximum Gasteiger partial charge on any atom is 0.471 e. The average Bonchev–Trinajstić information content (AvgIpc) is 3.14. The fraction of sp³-hybridized carbons (Fsp3) is 0.907. The summed E-state index contributed by atoms with van der Waals surface area (Å²) < 4.78 is 73.4. The number of hydrogen-bond acceptors (Lipinski definition) is 3. The van der Waals surface area contributed by atoms with E-state index in [1.165, 1.54) is 135 Å². The van der Waals surface area contributed by atoms with Crippen LogP contribution in [0.3, 0.4) is 0 Å². The molecule has 0 aromatic carbocycles. The van der Waals surface area contributed by atoms with Crippen LogP contribution in [-0.2, 0) is 30.0 Å². The summed E-state index contributed by atoms with van der Waals surface area (Å²) >= 11 is 0. The maximum absolute atomic E-state index is 12.2. The van der Waals surface area contributed by atoms with Gasteiger partial charge in [0, 0.05) is 41.0 Å². The van der Waals surface area contributed by atoms with Gasteiger partial charge in [0.1, 0.15) is 0 Å². The molecule has 57 heavy (non-hydrogen) atoms. The van der Waals surface area contributed by atoms with Crippen molar-refractivity contribution in [2.24, 2.45) is 0 Å². The molecule has 0 aliphatic heterocycles. The molecule has 0 aromatic heterocycles. The second-order valence-electron chi connectivity index (χ2n) is 14.6. The molecule has 0 aromatic rings. The molecule has 14 heteroatoms. The van der Waals surface area contributed by atoms with Crippen molar-refractivity contribution in [3.63, 3.8) is 0 Å². The van der Waals surface area contributed by atoms with Crippen molar-refractivity contribution >= 4 is 11.8 Å². The Morgan fingerprint density at radius 3 is 1.11 bits per heavy atom. The molecule has 0 aliphatic rings. The second-order valence-corrected chi connectivity index (χ2v) is 14.6. The minimum atomic E-state index is -4.81. The largest absolute Gasteiger partial charge is 0.471 e. The average molecular weight is 934 g/mol. The Morgan fingerprint density at radius 2 is 0.807 bits per heavy atom. The first-order chi connectivity index (χ1) is 25.8. The van der Waals surface area contributed by atoms with E-state index in [-0.39, 0.29) is 38.8 Å². The zero-order valence-electron chi connectivity index (χ0n) is 36.4. The van der Waals surface area contributed by atoms with E-state index < -0.39 is 30.2 Å². The summed E-state index contributed by atoms with van der Waals surface area (Å²) in [5, 5.41) is 11.1. The topological polar surface area (TPSA) is 141 Å². The molecular formula is C43H88F6N2O5Pd. The number of allylic oxidation sites excluding steroid dienone is 1. The minimum absolute atomic E-state index is 0. The quantitative estimate of drug-likeness (QED) is 0.0261. The third kappa shape index (κ3) is 50.9. The molecule has 0 saturated heterocycles. The van der Waals surface area contributed by atoms with E-state index in [2.05, 4.69) is 19.2 Å². The zero-order valence-corrected chi connectivity index (χ0v) is 37.9. The van der Waals surface area contributed by atoms with Gasteiger partial charge < -0.3 is 26.7 Å². The van der Waals surface area contributed by atoms with Gasteiger partial charge in [0.15, 0.2) is 0 Å². The van der Waals surface area contributed by atoms with Crippen LogP contribution in [0.25, 0.3) is 0 Å². The molecule has 0 fully saturated rings. The molecule has 0 radical (unpaired) electrons. The van der Waals surface area contributed by atoms with Crippen molar-refractivity contribution in [2.75, 3.05) is 7.11 Å². The third-order valence-electron chi connectivity index (χ3n) is 9.60. The molecule has 352 valence electrons. The summed E-state index contributed by atoms with van der Waals surface area (Å²) in [6.07, 6.45) is 29.7. The first-order valence-electron chi connectivity index (χ1n) is 21.7.